The Morgan fingerprint density at radius 3 is 2.34 bits per heavy atom. The van der Waals surface area contributed by atoms with Crippen molar-refractivity contribution < 1.29 is 30.8 Å². The van der Waals surface area contributed by atoms with E-state index in [2.05, 4.69) is 16.4 Å². The minimum absolute atomic E-state index is 0.0431. The Balaban J connectivity index is 1.52. The molecule has 1 aliphatic rings. The minimum Gasteiger partial charge on any atom is -0.455 e. The summed E-state index contributed by atoms with van der Waals surface area (Å²) in [5, 5.41) is 13.1. The molecule has 0 spiro atoms. The summed E-state index contributed by atoms with van der Waals surface area (Å²) in [5.74, 6) is -1.20. The third-order valence-corrected chi connectivity index (χ3v) is 9.81. The number of anilines is 1. The molecule has 0 bridgehead atoms. The molecule has 4 aromatic carbocycles. The van der Waals surface area contributed by atoms with Crippen LogP contribution >= 0.6 is 0 Å². The van der Waals surface area contributed by atoms with Crippen LogP contribution in [0.5, 0.6) is 0 Å². The summed E-state index contributed by atoms with van der Waals surface area (Å²) in [6, 6.07) is 20.7. The molecule has 1 aliphatic carbocycles. The largest absolute Gasteiger partial charge is 0.455 e. The molecule has 0 atom stereocenters. The third kappa shape index (κ3) is 4.99. The van der Waals surface area contributed by atoms with Crippen LogP contribution in [-0.2, 0) is 15.4 Å². The van der Waals surface area contributed by atoms with E-state index >= 15 is 0 Å². The average molecular weight is 653 g/mol. The molecule has 1 saturated carbocycles. The number of nitrogens with zero attached hydrogens (tertiary/aromatic N) is 3. The Morgan fingerprint density at radius 1 is 0.979 bits per heavy atom. The first kappa shape index (κ1) is 30.1. The number of nitrogens with one attached hydrogen (secondary N) is 1. The molecule has 6 aromatic rings. The normalized spacial score (nSPS) is 13.9. The maximum Gasteiger partial charge on any atom is 0.255 e. The molecule has 0 unspecified atom stereocenters. The molecule has 9 nitrogen and oxygen atoms in total. The second-order valence-corrected chi connectivity index (χ2v) is 13.6. The summed E-state index contributed by atoms with van der Waals surface area (Å²) >= 11 is 0. The van der Waals surface area contributed by atoms with Gasteiger partial charge in [-0.05, 0) is 72.5 Å². The number of carbonyl (C=O) groups excluding carboxylic acids is 1. The second-order valence-electron chi connectivity index (χ2n) is 11.5. The molecule has 0 aliphatic heterocycles. The molecular weight excluding hydrogens is 626 g/mol. The number of hydrogen-bond donors (Lipinski definition) is 1. The highest BCUT2D eigenvalue weighted by Crippen LogP contribution is 2.52. The predicted molar refractivity (Wildman–Crippen MR) is 173 cm³/mol. The summed E-state index contributed by atoms with van der Waals surface area (Å²) in [5.41, 5.74) is 2.64. The molecule has 1 amide bonds. The van der Waals surface area contributed by atoms with Gasteiger partial charge in [0.2, 0.25) is 15.9 Å². The Kier molecular flexibility index (Phi) is 6.91. The number of benzene rings is 4. The van der Waals surface area contributed by atoms with Gasteiger partial charge in [-0.15, -0.1) is 0 Å². The van der Waals surface area contributed by atoms with Crippen LogP contribution in [0.4, 0.5) is 14.5 Å². The van der Waals surface area contributed by atoms with Crippen LogP contribution in [0.25, 0.3) is 56.0 Å². The number of oxazole rings is 1. The van der Waals surface area contributed by atoms with Gasteiger partial charge in [-0.3, -0.25) is 9.10 Å². The van der Waals surface area contributed by atoms with Crippen molar-refractivity contribution in [2.45, 2.75) is 18.3 Å². The van der Waals surface area contributed by atoms with Crippen molar-refractivity contribution in [3.63, 3.8) is 0 Å². The number of hydrogen-bond acceptors (Lipinski definition) is 7. The lowest BCUT2D eigenvalue weighted by atomic mass is 9.89. The van der Waals surface area contributed by atoms with Gasteiger partial charge in [0.05, 0.1) is 29.0 Å². The summed E-state index contributed by atoms with van der Waals surface area (Å²) in [7, 11) is -0.919. The molecule has 12 heteroatoms. The number of halogens is 2. The zero-order valence-corrected chi connectivity index (χ0v) is 26.2. The van der Waals surface area contributed by atoms with Gasteiger partial charge < -0.3 is 14.2 Å². The van der Waals surface area contributed by atoms with Crippen molar-refractivity contribution in [2.24, 2.45) is 0 Å². The maximum atomic E-state index is 14.7. The van der Waals surface area contributed by atoms with Crippen molar-refractivity contribution in [2.75, 3.05) is 24.7 Å². The van der Waals surface area contributed by atoms with E-state index in [1.165, 1.54) is 56.6 Å². The highest BCUT2D eigenvalue weighted by Gasteiger charge is 2.47. The average Bonchev–Trinajstić information content (AvgIpc) is 3.58. The van der Waals surface area contributed by atoms with Crippen molar-refractivity contribution in [3.8, 4) is 40.0 Å². The molecule has 1 N–H and O–H groups in total. The fourth-order valence-electron chi connectivity index (χ4n) is 5.86. The second kappa shape index (κ2) is 10.8. The first-order valence-corrected chi connectivity index (χ1v) is 16.4. The van der Waals surface area contributed by atoms with Gasteiger partial charge in [0.1, 0.15) is 22.7 Å². The van der Waals surface area contributed by atoms with E-state index in [9.17, 15) is 27.3 Å². The number of furan rings is 1. The topological polar surface area (TPSA) is 129 Å². The van der Waals surface area contributed by atoms with E-state index in [-0.39, 0.29) is 39.6 Å². The summed E-state index contributed by atoms with van der Waals surface area (Å²) in [4.78, 5) is 17.7. The van der Waals surface area contributed by atoms with Crippen LogP contribution in [0, 0.1) is 23.0 Å². The molecule has 2 aromatic heterocycles. The Bertz CT molecular complexity index is 2410. The number of aromatic nitrogens is 1. The van der Waals surface area contributed by atoms with Gasteiger partial charge in [0.25, 0.3) is 5.91 Å². The number of sulfonamides is 1. The zero-order valence-electron chi connectivity index (χ0n) is 25.4. The molecule has 7 rings (SSSR count). The SMILES string of the molecule is CNC(=O)c1c(-c2ccc(F)cc2)oc2cc(N(C)S(C)(=O)=O)c(-c3ccc(C4(C#N)CC4)c(-c4nc5c(F)cccc5o4)c3)cc12. The smallest absolute Gasteiger partial charge is 0.255 e. The van der Waals surface area contributed by atoms with Crippen LogP contribution in [0.2, 0.25) is 0 Å². The van der Waals surface area contributed by atoms with E-state index in [1.807, 2.05) is 0 Å². The number of rotatable bonds is 7. The van der Waals surface area contributed by atoms with Crippen molar-refractivity contribution in [1.29, 1.82) is 5.26 Å². The van der Waals surface area contributed by atoms with Crippen LogP contribution in [0.3, 0.4) is 0 Å². The monoisotopic (exact) mass is 652 g/mol. The van der Waals surface area contributed by atoms with E-state index in [0.29, 0.717) is 46.0 Å². The summed E-state index contributed by atoms with van der Waals surface area (Å²) in [6.07, 6.45) is 2.30. The highest BCUT2D eigenvalue weighted by molar-refractivity contribution is 7.92. The molecular formula is C35H26F2N4O5S. The fraction of sp³-hybridized carbons (Fsp3) is 0.171. The van der Waals surface area contributed by atoms with Crippen LogP contribution < -0.4 is 9.62 Å². The van der Waals surface area contributed by atoms with E-state index in [1.54, 1.807) is 30.3 Å². The number of fused-ring (bicyclic) bond motifs is 2. The number of carbonyl (C=O) groups is 1. The van der Waals surface area contributed by atoms with E-state index in [4.69, 9.17) is 8.83 Å². The van der Waals surface area contributed by atoms with E-state index < -0.39 is 33.0 Å². The van der Waals surface area contributed by atoms with Crippen molar-refractivity contribution in [3.05, 3.63) is 95.6 Å². The van der Waals surface area contributed by atoms with Crippen LogP contribution in [0.1, 0.15) is 28.8 Å². The summed E-state index contributed by atoms with van der Waals surface area (Å²) < 4.78 is 67.5. The Hall–Kier alpha value is -5.54. The first-order valence-electron chi connectivity index (χ1n) is 14.6. The van der Waals surface area contributed by atoms with E-state index in [0.717, 1.165) is 10.6 Å². The van der Waals surface area contributed by atoms with Gasteiger partial charge in [-0.1, -0.05) is 18.2 Å². The lowest BCUT2D eigenvalue weighted by Crippen LogP contribution is -2.25. The molecule has 0 saturated heterocycles. The lowest BCUT2D eigenvalue weighted by molar-refractivity contribution is 0.0964. The standard InChI is InChI=1S/C35H26F2N4O5S/c1-39-33(42)30-24-16-22(27(41(2)47(3,43)44)17-29(24)45-32(30)19-7-10-21(36)11-8-19)20-9-12-25(35(18-38)13-14-35)23(15-20)34-40-31-26(37)5-4-6-28(31)46-34/h4-12,15-17H,13-14H2,1-3H3,(H,39,42). The number of amides is 1. The number of para-hydroxylation sites is 1. The van der Waals surface area contributed by atoms with Gasteiger partial charge in [-0.2, -0.15) is 5.26 Å². The molecule has 0 radical (unpaired) electrons. The molecule has 47 heavy (non-hydrogen) atoms. The van der Waals surface area contributed by atoms with Gasteiger partial charge in [0, 0.05) is 42.2 Å². The van der Waals surface area contributed by atoms with Gasteiger partial charge in [-0.25, -0.2) is 22.2 Å². The first-order chi connectivity index (χ1) is 22.4. The molecule has 236 valence electrons. The molecule has 2 heterocycles. The predicted octanol–water partition coefficient (Wildman–Crippen LogP) is 7.16. The fourth-order valence-corrected chi connectivity index (χ4v) is 6.37. The molecule has 1 fully saturated rings. The zero-order chi connectivity index (χ0) is 33.2. The van der Waals surface area contributed by atoms with Gasteiger partial charge >= 0.3 is 0 Å². The van der Waals surface area contributed by atoms with Crippen molar-refractivity contribution >= 4 is 43.7 Å². The van der Waals surface area contributed by atoms with Crippen molar-refractivity contribution in [1.82, 2.24) is 10.3 Å². The maximum absolute atomic E-state index is 14.7. The highest BCUT2D eigenvalue weighted by atomic mass is 32.2. The van der Waals surface area contributed by atoms with Crippen LogP contribution in [-0.4, -0.2) is 39.7 Å². The quantitative estimate of drug-likeness (QED) is 0.194. The van der Waals surface area contributed by atoms with Crippen LogP contribution in [0.15, 0.2) is 81.6 Å². The minimum atomic E-state index is -3.79. The number of nitriles is 1. The lowest BCUT2D eigenvalue weighted by Gasteiger charge is -2.21. The Morgan fingerprint density at radius 2 is 1.70 bits per heavy atom. The third-order valence-electron chi connectivity index (χ3n) is 8.61. The van der Waals surface area contributed by atoms with Gasteiger partial charge in [0.15, 0.2) is 11.4 Å². The Labute approximate surface area is 268 Å². The summed E-state index contributed by atoms with van der Waals surface area (Å²) in [6.45, 7) is 0.